The molecule has 0 rings (SSSR count). The molecule has 0 fully saturated rings. The summed E-state index contributed by atoms with van der Waals surface area (Å²) in [7, 11) is 2.48. The fraction of sp³-hybridized carbons (Fsp3) is 0.818. The predicted octanol–water partition coefficient (Wildman–Crippen LogP) is 2.50. The molecule has 0 bridgehead atoms. The number of carbonyl (C=O) groups is 2. The molecule has 16 heavy (non-hydrogen) atoms. The van der Waals surface area contributed by atoms with Crippen molar-refractivity contribution in [2.24, 2.45) is 0 Å². The standard InChI is InChI=1S/C11H21NO4/c1-4-5-6-7-8-9-10(13)12(16-3)11(14)15-2/h4-9H2,1-3H3. The van der Waals surface area contributed by atoms with Crippen LogP contribution in [0.1, 0.15) is 45.4 Å². The van der Waals surface area contributed by atoms with Gasteiger partial charge < -0.3 is 4.74 Å². The summed E-state index contributed by atoms with van der Waals surface area (Å²) in [6.07, 6.45) is 4.77. The molecule has 94 valence electrons. The number of hydrogen-bond acceptors (Lipinski definition) is 4. The summed E-state index contributed by atoms with van der Waals surface area (Å²) >= 11 is 0. The fourth-order valence-electron chi connectivity index (χ4n) is 1.34. The van der Waals surface area contributed by atoms with E-state index in [1.165, 1.54) is 27.1 Å². The van der Waals surface area contributed by atoms with Crippen molar-refractivity contribution in [2.45, 2.75) is 45.4 Å². The second-order valence-corrected chi connectivity index (χ2v) is 3.50. The molecule has 0 spiro atoms. The van der Waals surface area contributed by atoms with E-state index in [9.17, 15) is 9.59 Å². The molecule has 0 unspecified atom stereocenters. The Morgan fingerprint density at radius 2 is 1.69 bits per heavy atom. The number of imide groups is 1. The van der Waals surface area contributed by atoms with Crippen molar-refractivity contribution < 1.29 is 19.2 Å². The number of methoxy groups -OCH3 is 1. The molecule has 0 aromatic rings. The van der Waals surface area contributed by atoms with Crippen LogP contribution in [0.3, 0.4) is 0 Å². The van der Waals surface area contributed by atoms with E-state index >= 15 is 0 Å². The smallest absolute Gasteiger partial charge is 0.441 e. The number of amides is 2. The first-order valence-corrected chi connectivity index (χ1v) is 5.62. The molecule has 0 aliphatic carbocycles. The quantitative estimate of drug-likeness (QED) is 0.499. The van der Waals surface area contributed by atoms with E-state index in [1.807, 2.05) is 0 Å². The Kier molecular flexibility index (Phi) is 8.52. The maximum Gasteiger partial charge on any atom is 0.441 e. The van der Waals surface area contributed by atoms with E-state index < -0.39 is 6.09 Å². The van der Waals surface area contributed by atoms with Gasteiger partial charge in [-0.3, -0.25) is 9.63 Å². The van der Waals surface area contributed by atoms with Gasteiger partial charge in [-0.15, -0.1) is 5.06 Å². The Labute approximate surface area is 96.7 Å². The minimum absolute atomic E-state index is 0.312. The molecule has 5 heteroatoms. The van der Waals surface area contributed by atoms with E-state index in [4.69, 9.17) is 0 Å². The van der Waals surface area contributed by atoms with Crippen LogP contribution >= 0.6 is 0 Å². The maximum absolute atomic E-state index is 11.5. The number of hydrogen-bond donors (Lipinski definition) is 0. The third kappa shape index (κ3) is 5.70. The highest BCUT2D eigenvalue weighted by molar-refractivity contribution is 5.90. The lowest BCUT2D eigenvalue weighted by atomic mass is 10.1. The number of unbranched alkanes of at least 4 members (excludes halogenated alkanes) is 4. The van der Waals surface area contributed by atoms with E-state index in [1.54, 1.807) is 0 Å². The summed E-state index contributed by atoms with van der Waals surface area (Å²) in [5, 5.41) is 0.653. The molecule has 0 aliphatic rings. The van der Waals surface area contributed by atoms with Crippen molar-refractivity contribution >= 4 is 12.0 Å². The summed E-state index contributed by atoms with van der Waals surface area (Å²) in [4.78, 5) is 27.2. The monoisotopic (exact) mass is 231 g/mol. The number of carbonyl (C=O) groups excluding carboxylic acids is 2. The Bertz CT molecular complexity index is 218. The summed E-state index contributed by atoms with van der Waals surface area (Å²) in [6, 6.07) is 0. The molecular weight excluding hydrogens is 210 g/mol. The maximum atomic E-state index is 11.5. The van der Waals surface area contributed by atoms with Gasteiger partial charge in [0, 0.05) is 6.42 Å². The van der Waals surface area contributed by atoms with E-state index in [0.29, 0.717) is 11.5 Å². The van der Waals surface area contributed by atoms with Gasteiger partial charge in [0.2, 0.25) is 0 Å². The lowest BCUT2D eigenvalue weighted by Crippen LogP contribution is -2.35. The first-order chi connectivity index (χ1) is 7.67. The largest absolute Gasteiger partial charge is 0.451 e. The van der Waals surface area contributed by atoms with Crippen molar-refractivity contribution in [3.8, 4) is 0 Å². The van der Waals surface area contributed by atoms with Crippen molar-refractivity contribution in [2.75, 3.05) is 14.2 Å². The Morgan fingerprint density at radius 1 is 1.06 bits per heavy atom. The number of rotatable bonds is 7. The molecule has 0 N–H and O–H groups in total. The highest BCUT2D eigenvalue weighted by atomic mass is 16.7. The molecule has 0 radical (unpaired) electrons. The zero-order chi connectivity index (χ0) is 12.4. The van der Waals surface area contributed by atoms with Gasteiger partial charge in [0.1, 0.15) is 0 Å². The summed E-state index contributed by atoms with van der Waals surface area (Å²) in [5.74, 6) is -0.356. The molecule has 5 nitrogen and oxygen atoms in total. The van der Waals surface area contributed by atoms with Crippen molar-refractivity contribution in [3.63, 3.8) is 0 Å². The van der Waals surface area contributed by atoms with Gasteiger partial charge in [-0.25, -0.2) is 4.79 Å². The van der Waals surface area contributed by atoms with Gasteiger partial charge in [0.25, 0.3) is 5.91 Å². The Balaban J connectivity index is 3.80. The molecule has 0 aromatic heterocycles. The average Bonchev–Trinajstić information content (AvgIpc) is 2.29. The zero-order valence-corrected chi connectivity index (χ0v) is 10.3. The third-order valence-electron chi connectivity index (χ3n) is 2.24. The molecule has 0 aromatic carbocycles. The van der Waals surface area contributed by atoms with Gasteiger partial charge in [0.05, 0.1) is 14.2 Å². The highest BCUT2D eigenvalue weighted by Gasteiger charge is 2.21. The van der Waals surface area contributed by atoms with Crippen LogP contribution in [-0.4, -0.2) is 31.3 Å². The topological polar surface area (TPSA) is 55.8 Å². The van der Waals surface area contributed by atoms with Gasteiger partial charge in [-0.1, -0.05) is 32.6 Å². The Hall–Kier alpha value is -1.10. The van der Waals surface area contributed by atoms with Gasteiger partial charge in [-0.2, -0.15) is 0 Å². The number of nitrogens with zero attached hydrogens (tertiary/aromatic N) is 1. The van der Waals surface area contributed by atoms with Crippen LogP contribution in [0.4, 0.5) is 4.79 Å². The predicted molar refractivity (Wildman–Crippen MR) is 59.6 cm³/mol. The Morgan fingerprint density at radius 3 is 2.19 bits per heavy atom. The second kappa shape index (κ2) is 9.15. The minimum Gasteiger partial charge on any atom is -0.451 e. The van der Waals surface area contributed by atoms with E-state index in [-0.39, 0.29) is 5.91 Å². The molecule has 0 heterocycles. The number of ether oxygens (including phenoxy) is 1. The molecular formula is C11H21NO4. The van der Waals surface area contributed by atoms with Crippen molar-refractivity contribution in [1.82, 2.24) is 5.06 Å². The molecule has 0 aliphatic heterocycles. The molecule has 0 saturated carbocycles. The lowest BCUT2D eigenvalue weighted by Gasteiger charge is -2.15. The summed E-state index contributed by atoms with van der Waals surface area (Å²) in [5.41, 5.74) is 0. The normalized spacial score (nSPS) is 9.94. The van der Waals surface area contributed by atoms with Crippen LogP contribution in [0.2, 0.25) is 0 Å². The number of hydroxylamine groups is 2. The summed E-state index contributed by atoms with van der Waals surface area (Å²) in [6.45, 7) is 2.13. The lowest BCUT2D eigenvalue weighted by molar-refractivity contribution is -0.165. The van der Waals surface area contributed by atoms with Crippen LogP contribution in [0, 0.1) is 0 Å². The SMILES string of the molecule is CCCCCCCC(=O)N(OC)C(=O)OC. The fourth-order valence-corrected chi connectivity index (χ4v) is 1.34. The third-order valence-corrected chi connectivity index (χ3v) is 2.24. The average molecular weight is 231 g/mol. The van der Waals surface area contributed by atoms with Crippen LogP contribution in [0.5, 0.6) is 0 Å². The minimum atomic E-state index is -0.777. The summed E-state index contributed by atoms with van der Waals surface area (Å²) < 4.78 is 4.41. The second-order valence-electron chi connectivity index (χ2n) is 3.50. The van der Waals surface area contributed by atoms with Crippen LogP contribution in [-0.2, 0) is 14.4 Å². The van der Waals surface area contributed by atoms with E-state index in [0.717, 1.165) is 19.3 Å². The first-order valence-electron chi connectivity index (χ1n) is 5.62. The van der Waals surface area contributed by atoms with E-state index in [2.05, 4.69) is 16.5 Å². The van der Waals surface area contributed by atoms with Gasteiger partial charge in [-0.05, 0) is 6.42 Å². The van der Waals surface area contributed by atoms with Crippen LogP contribution in [0.25, 0.3) is 0 Å². The molecule has 0 saturated heterocycles. The zero-order valence-electron chi connectivity index (χ0n) is 10.3. The van der Waals surface area contributed by atoms with Gasteiger partial charge in [0.15, 0.2) is 0 Å². The van der Waals surface area contributed by atoms with Crippen molar-refractivity contribution in [1.29, 1.82) is 0 Å². The highest BCUT2D eigenvalue weighted by Crippen LogP contribution is 2.07. The van der Waals surface area contributed by atoms with Crippen LogP contribution < -0.4 is 0 Å². The van der Waals surface area contributed by atoms with Gasteiger partial charge >= 0.3 is 6.09 Å². The molecule has 0 atom stereocenters. The van der Waals surface area contributed by atoms with Crippen molar-refractivity contribution in [3.05, 3.63) is 0 Å². The van der Waals surface area contributed by atoms with Crippen LogP contribution in [0.15, 0.2) is 0 Å². The molecule has 2 amide bonds. The first kappa shape index (κ1) is 14.9.